The van der Waals surface area contributed by atoms with Crippen LogP contribution in [0.5, 0.6) is 0 Å². The van der Waals surface area contributed by atoms with Gasteiger partial charge in [0.25, 0.3) is 5.69 Å². The van der Waals surface area contributed by atoms with E-state index in [1.165, 1.54) is 23.3 Å². The van der Waals surface area contributed by atoms with Crippen LogP contribution in [0.25, 0.3) is 11.4 Å². The third-order valence-electron chi connectivity index (χ3n) is 5.40. The zero-order chi connectivity index (χ0) is 22.9. The van der Waals surface area contributed by atoms with Gasteiger partial charge in [-0.1, -0.05) is 72.8 Å². The van der Waals surface area contributed by atoms with Crippen molar-refractivity contribution in [1.82, 2.24) is 9.97 Å². The number of aryl methyl sites for hydroxylation is 2. The fourth-order valence-corrected chi connectivity index (χ4v) is 3.70. The van der Waals surface area contributed by atoms with Gasteiger partial charge >= 0.3 is 0 Å². The van der Waals surface area contributed by atoms with Crippen molar-refractivity contribution in [3.63, 3.8) is 0 Å². The monoisotopic (exact) mass is 438 g/mol. The van der Waals surface area contributed by atoms with E-state index < -0.39 is 4.92 Å². The number of hydrogen-bond acceptors (Lipinski definition) is 5. The van der Waals surface area contributed by atoms with Crippen molar-refractivity contribution in [2.24, 2.45) is 0 Å². The minimum absolute atomic E-state index is 0.0316. The lowest BCUT2D eigenvalue weighted by Crippen LogP contribution is -2.09. The van der Waals surface area contributed by atoms with Gasteiger partial charge in [0.2, 0.25) is 0 Å². The minimum atomic E-state index is -0.397. The Labute approximate surface area is 193 Å². The SMILES string of the molecule is O=[N+]([O-])c1cccc(-c2nc(CCCc3ccccc3)cc(NCCc3ccccc3)n2)c1. The van der Waals surface area contributed by atoms with Crippen LogP contribution in [0.1, 0.15) is 23.2 Å². The van der Waals surface area contributed by atoms with Crippen molar-refractivity contribution in [3.8, 4) is 11.4 Å². The molecular weight excluding hydrogens is 412 g/mol. The maximum Gasteiger partial charge on any atom is 0.270 e. The number of nitro benzene ring substituents is 1. The van der Waals surface area contributed by atoms with Crippen LogP contribution < -0.4 is 5.32 Å². The Bertz CT molecular complexity index is 1130. The van der Waals surface area contributed by atoms with Crippen molar-refractivity contribution in [2.75, 3.05) is 11.9 Å². The van der Waals surface area contributed by atoms with E-state index in [4.69, 9.17) is 4.98 Å². The van der Waals surface area contributed by atoms with Gasteiger partial charge in [0, 0.05) is 36.0 Å². The summed E-state index contributed by atoms with van der Waals surface area (Å²) in [5.41, 5.74) is 4.14. The number of benzene rings is 3. The highest BCUT2D eigenvalue weighted by Gasteiger charge is 2.12. The predicted molar refractivity (Wildman–Crippen MR) is 131 cm³/mol. The summed E-state index contributed by atoms with van der Waals surface area (Å²) in [5.74, 6) is 1.23. The Balaban J connectivity index is 1.52. The summed E-state index contributed by atoms with van der Waals surface area (Å²) in [6.07, 6.45) is 3.60. The standard InChI is InChI=1S/C27H26N4O2/c32-31(33)25-16-8-14-23(19-25)27-29-24(15-7-13-21-9-3-1-4-10-21)20-26(30-27)28-18-17-22-11-5-2-6-12-22/h1-6,8-12,14,16,19-20H,7,13,15,17-18H2,(H,28,29,30). The molecule has 0 fully saturated rings. The van der Waals surface area contributed by atoms with Gasteiger partial charge in [-0.3, -0.25) is 10.1 Å². The molecule has 0 amide bonds. The summed E-state index contributed by atoms with van der Waals surface area (Å²) in [6.45, 7) is 0.735. The van der Waals surface area contributed by atoms with Crippen molar-refractivity contribution in [3.05, 3.63) is 118 Å². The van der Waals surface area contributed by atoms with E-state index in [2.05, 4.69) is 46.7 Å². The third-order valence-corrected chi connectivity index (χ3v) is 5.40. The second kappa shape index (κ2) is 11.0. The molecule has 166 valence electrons. The van der Waals surface area contributed by atoms with Gasteiger partial charge < -0.3 is 5.32 Å². The van der Waals surface area contributed by atoms with Gasteiger partial charge in [0.1, 0.15) is 5.82 Å². The Hall–Kier alpha value is -4.06. The molecule has 1 N–H and O–H groups in total. The third kappa shape index (κ3) is 6.46. The molecule has 0 spiro atoms. The lowest BCUT2D eigenvalue weighted by atomic mass is 10.1. The number of anilines is 1. The first-order valence-corrected chi connectivity index (χ1v) is 11.1. The maximum absolute atomic E-state index is 11.2. The molecule has 0 atom stereocenters. The van der Waals surface area contributed by atoms with E-state index in [1.807, 2.05) is 36.4 Å². The van der Waals surface area contributed by atoms with Crippen LogP contribution in [0, 0.1) is 10.1 Å². The topological polar surface area (TPSA) is 81.0 Å². The van der Waals surface area contributed by atoms with Crippen LogP contribution >= 0.6 is 0 Å². The van der Waals surface area contributed by atoms with Gasteiger partial charge in [-0.15, -0.1) is 0 Å². The quantitative estimate of drug-likeness (QED) is 0.247. The van der Waals surface area contributed by atoms with Crippen LogP contribution in [0.4, 0.5) is 11.5 Å². The largest absolute Gasteiger partial charge is 0.370 e. The number of nitrogens with one attached hydrogen (secondary N) is 1. The van der Waals surface area contributed by atoms with Crippen LogP contribution in [0.15, 0.2) is 91.0 Å². The normalized spacial score (nSPS) is 10.7. The smallest absolute Gasteiger partial charge is 0.270 e. The van der Waals surface area contributed by atoms with Gasteiger partial charge in [-0.05, 0) is 36.8 Å². The van der Waals surface area contributed by atoms with E-state index in [-0.39, 0.29) is 5.69 Å². The first kappa shape index (κ1) is 22.1. The molecule has 3 aromatic carbocycles. The molecule has 0 bridgehead atoms. The van der Waals surface area contributed by atoms with E-state index in [9.17, 15) is 10.1 Å². The van der Waals surface area contributed by atoms with E-state index >= 15 is 0 Å². The highest BCUT2D eigenvalue weighted by molar-refractivity contribution is 5.61. The molecule has 4 aromatic rings. The first-order chi connectivity index (χ1) is 16.2. The molecule has 0 saturated carbocycles. The van der Waals surface area contributed by atoms with E-state index in [1.54, 1.807) is 6.07 Å². The molecule has 1 aromatic heterocycles. The number of hydrogen-bond donors (Lipinski definition) is 1. The summed E-state index contributed by atoms with van der Waals surface area (Å²) < 4.78 is 0. The molecule has 4 rings (SSSR count). The first-order valence-electron chi connectivity index (χ1n) is 11.1. The van der Waals surface area contributed by atoms with Crippen LogP contribution in [0.2, 0.25) is 0 Å². The van der Waals surface area contributed by atoms with Gasteiger partial charge in [-0.2, -0.15) is 0 Å². The van der Waals surface area contributed by atoms with Gasteiger partial charge in [0.15, 0.2) is 5.82 Å². The second-order valence-corrected chi connectivity index (χ2v) is 7.88. The predicted octanol–water partition coefficient (Wildman–Crippen LogP) is 5.88. The molecule has 0 saturated heterocycles. The van der Waals surface area contributed by atoms with Crippen molar-refractivity contribution < 1.29 is 4.92 Å². The average Bonchev–Trinajstić information content (AvgIpc) is 2.85. The van der Waals surface area contributed by atoms with Crippen LogP contribution in [-0.2, 0) is 19.3 Å². The minimum Gasteiger partial charge on any atom is -0.370 e. The Kier molecular flexibility index (Phi) is 7.38. The molecule has 0 aliphatic heterocycles. The molecule has 6 heteroatoms. The van der Waals surface area contributed by atoms with E-state index in [0.29, 0.717) is 11.4 Å². The highest BCUT2D eigenvalue weighted by Crippen LogP contribution is 2.23. The number of rotatable bonds is 10. The second-order valence-electron chi connectivity index (χ2n) is 7.88. The molecule has 33 heavy (non-hydrogen) atoms. The van der Waals surface area contributed by atoms with E-state index in [0.717, 1.165) is 43.7 Å². The zero-order valence-electron chi connectivity index (χ0n) is 18.4. The lowest BCUT2D eigenvalue weighted by Gasteiger charge is -2.11. The van der Waals surface area contributed by atoms with Crippen molar-refractivity contribution in [1.29, 1.82) is 0 Å². The summed E-state index contributed by atoms with van der Waals surface area (Å²) in [6, 6.07) is 29.1. The Morgan fingerprint density at radius 3 is 2.15 bits per heavy atom. The Morgan fingerprint density at radius 2 is 1.45 bits per heavy atom. The zero-order valence-corrected chi connectivity index (χ0v) is 18.4. The fraction of sp³-hybridized carbons (Fsp3) is 0.185. The summed E-state index contributed by atoms with van der Waals surface area (Å²) in [7, 11) is 0. The Morgan fingerprint density at radius 1 is 0.758 bits per heavy atom. The molecule has 1 heterocycles. The van der Waals surface area contributed by atoms with Crippen molar-refractivity contribution >= 4 is 11.5 Å². The molecule has 6 nitrogen and oxygen atoms in total. The summed E-state index contributed by atoms with van der Waals surface area (Å²) in [5, 5.41) is 14.6. The average molecular weight is 439 g/mol. The molecule has 0 radical (unpaired) electrons. The van der Waals surface area contributed by atoms with Crippen LogP contribution in [-0.4, -0.2) is 21.4 Å². The lowest BCUT2D eigenvalue weighted by molar-refractivity contribution is -0.384. The number of non-ortho nitro benzene ring substituents is 1. The summed E-state index contributed by atoms with van der Waals surface area (Å²) in [4.78, 5) is 20.2. The fourth-order valence-electron chi connectivity index (χ4n) is 3.70. The molecular formula is C27H26N4O2. The number of nitrogens with zero attached hydrogens (tertiary/aromatic N) is 3. The molecule has 0 unspecified atom stereocenters. The van der Waals surface area contributed by atoms with Gasteiger partial charge in [0.05, 0.1) is 4.92 Å². The van der Waals surface area contributed by atoms with Crippen molar-refractivity contribution in [2.45, 2.75) is 25.7 Å². The number of nitro groups is 1. The highest BCUT2D eigenvalue weighted by atomic mass is 16.6. The number of aromatic nitrogens is 2. The molecule has 0 aliphatic rings. The van der Waals surface area contributed by atoms with Crippen LogP contribution in [0.3, 0.4) is 0 Å². The maximum atomic E-state index is 11.2. The van der Waals surface area contributed by atoms with Gasteiger partial charge in [-0.25, -0.2) is 9.97 Å². The molecule has 0 aliphatic carbocycles. The summed E-state index contributed by atoms with van der Waals surface area (Å²) >= 11 is 0.